The summed E-state index contributed by atoms with van der Waals surface area (Å²) in [4.78, 5) is 28.1. The summed E-state index contributed by atoms with van der Waals surface area (Å²) in [6.07, 6.45) is 0. The number of carbonyl (C=O) groups excluding carboxylic acids is 2. The Bertz CT molecular complexity index is 802. The molecule has 1 aliphatic rings. The van der Waals surface area contributed by atoms with Crippen LogP contribution in [-0.2, 0) is 11.3 Å². The minimum Gasteiger partial charge on any atom is -0.497 e. The van der Waals surface area contributed by atoms with Crippen LogP contribution in [-0.4, -0.2) is 55.5 Å². The average Bonchev–Trinajstić information content (AvgIpc) is 2.77. The molecule has 0 atom stereocenters. The highest BCUT2D eigenvalue weighted by Crippen LogP contribution is 2.23. The van der Waals surface area contributed by atoms with Crippen LogP contribution in [0.4, 0.5) is 10.5 Å². The second-order valence-corrected chi connectivity index (χ2v) is 6.30. The van der Waals surface area contributed by atoms with Crippen molar-refractivity contribution in [2.75, 3.05) is 38.3 Å². The topological polar surface area (TPSA) is 91.3 Å². The Morgan fingerprint density at radius 1 is 1.11 bits per heavy atom. The van der Waals surface area contributed by atoms with E-state index in [1.165, 1.54) is 0 Å². The van der Waals surface area contributed by atoms with E-state index >= 15 is 0 Å². The Hall–Kier alpha value is -3.10. The molecule has 2 aromatic carbocycles. The van der Waals surface area contributed by atoms with Crippen molar-refractivity contribution in [2.24, 2.45) is 0 Å². The Kier molecular flexibility index (Phi) is 6.46. The monoisotopic (exact) mass is 385 g/mol. The van der Waals surface area contributed by atoms with Gasteiger partial charge in [0.15, 0.2) is 0 Å². The van der Waals surface area contributed by atoms with Gasteiger partial charge in [0, 0.05) is 24.3 Å². The van der Waals surface area contributed by atoms with Crippen LogP contribution < -0.4 is 15.1 Å². The van der Waals surface area contributed by atoms with Crippen molar-refractivity contribution in [1.29, 1.82) is 0 Å². The number of nitrogens with zero attached hydrogens (tertiary/aromatic N) is 2. The van der Waals surface area contributed by atoms with Gasteiger partial charge in [-0.05, 0) is 42.0 Å². The zero-order valence-electron chi connectivity index (χ0n) is 15.6. The van der Waals surface area contributed by atoms with Gasteiger partial charge in [-0.15, -0.1) is 0 Å². The first kappa shape index (κ1) is 19.7. The van der Waals surface area contributed by atoms with Crippen LogP contribution in [0.5, 0.6) is 5.75 Å². The molecule has 1 aliphatic heterocycles. The Balaban J connectivity index is 1.84. The highest BCUT2D eigenvalue weighted by molar-refractivity contribution is 5.94. The molecule has 1 fully saturated rings. The van der Waals surface area contributed by atoms with Crippen LogP contribution in [0, 0.1) is 0 Å². The summed E-state index contributed by atoms with van der Waals surface area (Å²) in [6, 6.07) is 13.9. The summed E-state index contributed by atoms with van der Waals surface area (Å²) in [6.45, 7) is 2.46. The van der Waals surface area contributed by atoms with E-state index in [0.29, 0.717) is 44.2 Å². The molecular weight excluding hydrogens is 362 g/mol. The van der Waals surface area contributed by atoms with Gasteiger partial charge in [-0.1, -0.05) is 12.1 Å². The van der Waals surface area contributed by atoms with Crippen molar-refractivity contribution in [3.05, 3.63) is 59.7 Å². The Morgan fingerprint density at radius 2 is 1.75 bits per heavy atom. The molecule has 0 spiro atoms. The van der Waals surface area contributed by atoms with E-state index in [9.17, 15) is 9.59 Å². The summed E-state index contributed by atoms with van der Waals surface area (Å²) in [5.41, 5.74) is 3.54. The van der Waals surface area contributed by atoms with Gasteiger partial charge in [0.25, 0.3) is 5.91 Å². The number of amides is 3. The fourth-order valence-corrected chi connectivity index (χ4v) is 2.97. The molecule has 0 unspecified atom stereocenters. The molecule has 2 N–H and O–H groups in total. The Morgan fingerprint density at radius 3 is 2.32 bits per heavy atom. The number of hydrogen-bond acceptors (Lipinski definition) is 5. The smallest absolute Gasteiger partial charge is 0.324 e. The summed E-state index contributed by atoms with van der Waals surface area (Å²) < 4.78 is 10.5. The number of benzene rings is 2. The van der Waals surface area contributed by atoms with Gasteiger partial charge in [-0.3, -0.25) is 14.9 Å². The van der Waals surface area contributed by atoms with E-state index < -0.39 is 5.91 Å². The maximum absolute atomic E-state index is 13.1. The highest BCUT2D eigenvalue weighted by Gasteiger charge is 2.24. The normalized spacial score (nSPS) is 13.7. The maximum atomic E-state index is 13.1. The van der Waals surface area contributed by atoms with Crippen LogP contribution in [0.15, 0.2) is 48.5 Å². The summed E-state index contributed by atoms with van der Waals surface area (Å²) >= 11 is 0. The average molecular weight is 385 g/mol. The van der Waals surface area contributed by atoms with Crippen LogP contribution >= 0.6 is 0 Å². The van der Waals surface area contributed by atoms with Gasteiger partial charge in [0.2, 0.25) is 0 Å². The Labute approximate surface area is 163 Å². The van der Waals surface area contributed by atoms with Gasteiger partial charge in [0.1, 0.15) is 5.75 Å². The van der Waals surface area contributed by atoms with Crippen molar-refractivity contribution in [3.8, 4) is 5.75 Å². The third-order valence-electron chi connectivity index (χ3n) is 4.55. The first-order valence-electron chi connectivity index (χ1n) is 8.94. The van der Waals surface area contributed by atoms with Crippen LogP contribution in [0.3, 0.4) is 0 Å². The van der Waals surface area contributed by atoms with E-state index in [4.69, 9.17) is 14.7 Å². The van der Waals surface area contributed by atoms with Crippen LogP contribution in [0.1, 0.15) is 15.9 Å². The summed E-state index contributed by atoms with van der Waals surface area (Å²) in [7, 11) is 1.59. The van der Waals surface area contributed by atoms with Gasteiger partial charge in [-0.2, -0.15) is 0 Å². The molecule has 3 rings (SSSR count). The molecule has 8 heteroatoms. The van der Waals surface area contributed by atoms with Crippen molar-refractivity contribution < 1.29 is 24.3 Å². The predicted octanol–water partition coefficient (Wildman–Crippen LogP) is 2.27. The van der Waals surface area contributed by atoms with Gasteiger partial charge in [0.05, 0.1) is 26.9 Å². The molecule has 28 heavy (non-hydrogen) atoms. The lowest BCUT2D eigenvalue weighted by Gasteiger charge is -2.33. The number of nitrogens with one attached hydrogen (secondary N) is 1. The third-order valence-corrected chi connectivity index (χ3v) is 4.55. The zero-order valence-corrected chi connectivity index (χ0v) is 15.6. The lowest BCUT2D eigenvalue weighted by molar-refractivity contribution is 0.0548. The first-order chi connectivity index (χ1) is 13.6. The van der Waals surface area contributed by atoms with E-state index in [1.807, 2.05) is 24.3 Å². The number of anilines is 1. The molecule has 0 radical (unpaired) electrons. The van der Waals surface area contributed by atoms with E-state index in [1.54, 1.807) is 46.7 Å². The molecule has 148 valence electrons. The molecule has 1 heterocycles. The fourth-order valence-electron chi connectivity index (χ4n) is 2.97. The third kappa shape index (κ3) is 4.59. The largest absolute Gasteiger partial charge is 0.497 e. The second-order valence-electron chi connectivity index (χ2n) is 6.30. The number of rotatable bonds is 5. The summed E-state index contributed by atoms with van der Waals surface area (Å²) in [5.74, 6) is 0.129. The quantitative estimate of drug-likeness (QED) is 0.609. The molecule has 1 saturated heterocycles. The van der Waals surface area contributed by atoms with E-state index in [-0.39, 0.29) is 6.03 Å². The number of methoxy groups -OCH3 is 1. The zero-order chi connectivity index (χ0) is 19.9. The van der Waals surface area contributed by atoms with Crippen molar-refractivity contribution >= 4 is 17.6 Å². The number of hydroxylamine groups is 1. The van der Waals surface area contributed by atoms with Gasteiger partial charge >= 0.3 is 6.03 Å². The molecule has 0 bridgehead atoms. The van der Waals surface area contributed by atoms with E-state index in [0.717, 1.165) is 11.3 Å². The number of urea groups is 1. The van der Waals surface area contributed by atoms with Crippen molar-refractivity contribution in [1.82, 2.24) is 10.4 Å². The van der Waals surface area contributed by atoms with E-state index in [2.05, 4.69) is 0 Å². The SMILES string of the molecule is COc1ccc(N(Cc2ccc(C(=O)NO)cc2)C(=O)N2CCOCC2)cc1. The molecule has 0 aromatic heterocycles. The minimum absolute atomic E-state index is 0.106. The lowest BCUT2D eigenvalue weighted by Crippen LogP contribution is -2.48. The molecule has 0 aliphatic carbocycles. The summed E-state index contributed by atoms with van der Waals surface area (Å²) in [5, 5.41) is 8.73. The van der Waals surface area contributed by atoms with Gasteiger partial charge in [-0.25, -0.2) is 10.3 Å². The van der Waals surface area contributed by atoms with Crippen molar-refractivity contribution in [3.63, 3.8) is 0 Å². The van der Waals surface area contributed by atoms with Gasteiger partial charge < -0.3 is 14.4 Å². The van der Waals surface area contributed by atoms with Crippen LogP contribution in [0.25, 0.3) is 0 Å². The second kappa shape index (κ2) is 9.20. The van der Waals surface area contributed by atoms with Crippen LogP contribution in [0.2, 0.25) is 0 Å². The predicted molar refractivity (Wildman–Crippen MR) is 103 cm³/mol. The molecule has 3 amide bonds. The molecule has 2 aromatic rings. The number of carbonyl (C=O) groups is 2. The number of hydrogen-bond donors (Lipinski definition) is 2. The molecule has 0 saturated carbocycles. The number of ether oxygens (including phenoxy) is 2. The lowest BCUT2D eigenvalue weighted by atomic mass is 10.1. The van der Waals surface area contributed by atoms with Crippen molar-refractivity contribution in [2.45, 2.75) is 6.54 Å². The molecule has 8 nitrogen and oxygen atoms in total. The maximum Gasteiger partial charge on any atom is 0.324 e. The standard InChI is InChI=1S/C20H23N3O5/c1-27-18-8-6-17(7-9-18)23(20(25)22-10-12-28-13-11-22)14-15-2-4-16(5-3-15)19(24)21-26/h2-9,26H,10-14H2,1H3,(H,21,24). The fraction of sp³-hybridized carbons (Fsp3) is 0.300. The first-order valence-corrected chi connectivity index (χ1v) is 8.94. The molecular formula is C20H23N3O5. The number of morpholine rings is 1. The minimum atomic E-state index is -0.581. The highest BCUT2D eigenvalue weighted by atomic mass is 16.5.